The number of carbonyl (C=O) groups excluding carboxylic acids is 2. The minimum absolute atomic E-state index is 0.0432. The van der Waals surface area contributed by atoms with E-state index in [-0.39, 0.29) is 17.8 Å². The summed E-state index contributed by atoms with van der Waals surface area (Å²) in [6, 6.07) is 16.0. The normalized spacial score (nSPS) is 10.3. The van der Waals surface area contributed by atoms with Gasteiger partial charge in [0.25, 0.3) is 11.8 Å². The topological polar surface area (TPSA) is 80.3 Å². The van der Waals surface area contributed by atoms with Crippen molar-refractivity contribution in [2.45, 2.75) is 13.5 Å². The molecule has 0 aliphatic rings. The summed E-state index contributed by atoms with van der Waals surface area (Å²) in [6.45, 7) is 2.49. The maximum absolute atomic E-state index is 13.7. The number of anilines is 1. The van der Waals surface area contributed by atoms with Crippen LogP contribution in [0.1, 0.15) is 33.3 Å². The molecule has 0 aliphatic carbocycles. The number of amides is 2. The third-order valence-electron chi connectivity index (χ3n) is 4.08. The van der Waals surface area contributed by atoms with Crippen molar-refractivity contribution in [3.05, 3.63) is 89.5 Å². The molecule has 0 radical (unpaired) electrons. The fourth-order valence-electron chi connectivity index (χ4n) is 2.61. The number of hydrogen-bond donors (Lipinski definition) is 2. The van der Waals surface area contributed by atoms with Crippen molar-refractivity contribution in [3.8, 4) is 5.75 Å². The Bertz CT molecular complexity index is 1010. The third-order valence-corrected chi connectivity index (χ3v) is 4.08. The lowest BCUT2D eigenvalue weighted by Crippen LogP contribution is -2.24. The van der Waals surface area contributed by atoms with Crippen LogP contribution >= 0.6 is 0 Å². The molecule has 2 aromatic carbocycles. The van der Waals surface area contributed by atoms with Gasteiger partial charge in [0.1, 0.15) is 17.3 Å². The van der Waals surface area contributed by atoms with Gasteiger partial charge < -0.3 is 15.4 Å². The standard InChI is InChI=1S/C22H20FN3O3/c1-2-29-18-9-7-17(8-10-18)26-22(28)20-13-15(11-12-24-20)21(27)25-14-16-5-3-4-6-19(16)23/h3-13H,2,14H2,1H3,(H,25,27)(H,26,28). The van der Waals surface area contributed by atoms with Crippen LogP contribution < -0.4 is 15.4 Å². The summed E-state index contributed by atoms with van der Waals surface area (Å²) >= 11 is 0. The monoisotopic (exact) mass is 393 g/mol. The van der Waals surface area contributed by atoms with E-state index in [2.05, 4.69) is 15.6 Å². The van der Waals surface area contributed by atoms with Crippen LogP contribution in [0.5, 0.6) is 5.75 Å². The Morgan fingerprint density at radius 3 is 2.52 bits per heavy atom. The third kappa shape index (κ3) is 5.38. The number of benzene rings is 2. The number of pyridine rings is 1. The van der Waals surface area contributed by atoms with Crippen LogP contribution in [0, 0.1) is 5.82 Å². The van der Waals surface area contributed by atoms with Crippen LogP contribution in [-0.2, 0) is 6.54 Å². The summed E-state index contributed by atoms with van der Waals surface area (Å²) in [7, 11) is 0. The van der Waals surface area contributed by atoms with Gasteiger partial charge in [-0.1, -0.05) is 18.2 Å². The lowest BCUT2D eigenvalue weighted by atomic mass is 10.2. The highest BCUT2D eigenvalue weighted by Crippen LogP contribution is 2.16. The molecule has 29 heavy (non-hydrogen) atoms. The summed E-state index contributed by atoms with van der Waals surface area (Å²) in [4.78, 5) is 28.8. The highest BCUT2D eigenvalue weighted by molar-refractivity contribution is 6.04. The average molecular weight is 393 g/mol. The van der Waals surface area contributed by atoms with Crippen molar-refractivity contribution in [1.82, 2.24) is 10.3 Å². The molecule has 148 valence electrons. The Labute approximate surface area is 167 Å². The molecule has 3 aromatic rings. The van der Waals surface area contributed by atoms with Gasteiger partial charge in [0.05, 0.1) is 6.61 Å². The average Bonchev–Trinajstić information content (AvgIpc) is 2.74. The summed E-state index contributed by atoms with van der Waals surface area (Å²) in [5.41, 5.74) is 1.31. The number of rotatable bonds is 7. The minimum atomic E-state index is -0.446. The molecule has 0 bridgehead atoms. The Morgan fingerprint density at radius 1 is 1.03 bits per heavy atom. The highest BCUT2D eigenvalue weighted by atomic mass is 19.1. The van der Waals surface area contributed by atoms with Gasteiger partial charge in [-0.05, 0) is 49.4 Å². The summed E-state index contributed by atoms with van der Waals surface area (Å²) < 4.78 is 19.0. The molecule has 0 fully saturated rings. The van der Waals surface area contributed by atoms with E-state index in [9.17, 15) is 14.0 Å². The lowest BCUT2D eigenvalue weighted by Gasteiger charge is -2.09. The van der Waals surface area contributed by atoms with Crippen molar-refractivity contribution >= 4 is 17.5 Å². The first-order chi connectivity index (χ1) is 14.1. The molecule has 6 nitrogen and oxygen atoms in total. The molecule has 2 amide bonds. The zero-order chi connectivity index (χ0) is 20.6. The summed E-state index contributed by atoms with van der Waals surface area (Å²) in [5, 5.41) is 5.36. The molecule has 0 unspecified atom stereocenters. The fraction of sp³-hybridized carbons (Fsp3) is 0.136. The number of ether oxygens (including phenoxy) is 1. The van der Waals surface area contributed by atoms with Gasteiger partial charge in [-0.25, -0.2) is 4.39 Å². The second-order valence-corrected chi connectivity index (χ2v) is 6.12. The zero-order valence-corrected chi connectivity index (χ0v) is 15.8. The smallest absolute Gasteiger partial charge is 0.274 e. The maximum atomic E-state index is 13.7. The number of halogens is 1. The Balaban J connectivity index is 1.64. The van der Waals surface area contributed by atoms with Gasteiger partial charge in [-0.3, -0.25) is 14.6 Å². The van der Waals surface area contributed by atoms with Crippen LogP contribution in [-0.4, -0.2) is 23.4 Å². The van der Waals surface area contributed by atoms with Crippen LogP contribution in [0.25, 0.3) is 0 Å². The first-order valence-electron chi connectivity index (χ1n) is 9.08. The summed E-state index contributed by atoms with van der Waals surface area (Å²) in [5.74, 6) is -0.557. The van der Waals surface area contributed by atoms with Crippen LogP contribution in [0.2, 0.25) is 0 Å². The van der Waals surface area contributed by atoms with Crippen molar-refractivity contribution in [3.63, 3.8) is 0 Å². The molecule has 2 N–H and O–H groups in total. The predicted octanol–water partition coefficient (Wildman–Crippen LogP) is 3.80. The van der Waals surface area contributed by atoms with Crippen molar-refractivity contribution in [1.29, 1.82) is 0 Å². The molecule has 1 aromatic heterocycles. The predicted molar refractivity (Wildman–Crippen MR) is 107 cm³/mol. The second-order valence-electron chi connectivity index (χ2n) is 6.12. The van der Waals surface area contributed by atoms with E-state index in [4.69, 9.17) is 4.74 Å². The molecular formula is C22H20FN3O3. The maximum Gasteiger partial charge on any atom is 0.274 e. The Kier molecular flexibility index (Phi) is 6.52. The molecule has 0 atom stereocenters. The van der Waals surface area contributed by atoms with E-state index in [1.165, 1.54) is 24.4 Å². The molecule has 0 saturated heterocycles. The van der Waals surface area contributed by atoms with Crippen molar-refractivity contribution in [2.24, 2.45) is 0 Å². The molecule has 1 heterocycles. The first kappa shape index (κ1) is 20.0. The lowest BCUT2D eigenvalue weighted by molar-refractivity contribution is 0.0950. The number of aromatic nitrogens is 1. The largest absolute Gasteiger partial charge is 0.494 e. The quantitative estimate of drug-likeness (QED) is 0.640. The van der Waals surface area contributed by atoms with Crippen LogP contribution in [0.4, 0.5) is 10.1 Å². The van der Waals surface area contributed by atoms with E-state index in [1.807, 2.05) is 6.92 Å². The molecule has 0 saturated carbocycles. The Morgan fingerprint density at radius 2 is 1.79 bits per heavy atom. The van der Waals surface area contributed by atoms with Crippen LogP contribution in [0.15, 0.2) is 66.9 Å². The molecule has 7 heteroatoms. The fourth-order valence-corrected chi connectivity index (χ4v) is 2.61. The van der Waals surface area contributed by atoms with Crippen molar-refractivity contribution in [2.75, 3.05) is 11.9 Å². The van der Waals surface area contributed by atoms with E-state index in [0.29, 0.717) is 23.6 Å². The van der Waals surface area contributed by atoms with E-state index >= 15 is 0 Å². The van der Waals surface area contributed by atoms with Gasteiger partial charge in [0.15, 0.2) is 0 Å². The number of nitrogens with zero attached hydrogens (tertiary/aromatic N) is 1. The molecule has 3 rings (SSSR count). The number of hydrogen-bond acceptors (Lipinski definition) is 4. The second kappa shape index (κ2) is 9.45. The van der Waals surface area contributed by atoms with Gasteiger partial charge in [-0.15, -0.1) is 0 Å². The van der Waals surface area contributed by atoms with E-state index in [1.54, 1.807) is 42.5 Å². The first-order valence-corrected chi connectivity index (χ1v) is 9.08. The highest BCUT2D eigenvalue weighted by Gasteiger charge is 2.13. The number of nitrogens with one attached hydrogen (secondary N) is 2. The van der Waals surface area contributed by atoms with Crippen molar-refractivity contribution < 1.29 is 18.7 Å². The Hall–Kier alpha value is -3.74. The van der Waals surface area contributed by atoms with E-state index < -0.39 is 17.6 Å². The minimum Gasteiger partial charge on any atom is -0.494 e. The van der Waals surface area contributed by atoms with Gasteiger partial charge in [-0.2, -0.15) is 0 Å². The zero-order valence-electron chi connectivity index (χ0n) is 15.8. The van der Waals surface area contributed by atoms with Crippen LogP contribution in [0.3, 0.4) is 0 Å². The molecule has 0 aliphatic heterocycles. The SMILES string of the molecule is CCOc1ccc(NC(=O)c2cc(C(=O)NCc3ccccc3F)ccn2)cc1. The molecule has 0 spiro atoms. The van der Waals surface area contributed by atoms with E-state index in [0.717, 1.165) is 0 Å². The molecular weight excluding hydrogens is 373 g/mol. The van der Waals surface area contributed by atoms with Gasteiger partial charge in [0, 0.05) is 29.6 Å². The van der Waals surface area contributed by atoms with Gasteiger partial charge in [0.2, 0.25) is 0 Å². The summed E-state index contributed by atoms with van der Waals surface area (Å²) in [6.07, 6.45) is 1.38. The van der Waals surface area contributed by atoms with Gasteiger partial charge >= 0.3 is 0 Å². The number of carbonyl (C=O) groups is 2.